The third-order valence-electron chi connectivity index (χ3n) is 5.18. The number of piperidine rings is 1. The van der Waals surface area contributed by atoms with Crippen LogP contribution in [0.25, 0.3) is 0 Å². The topological polar surface area (TPSA) is 53.0 Å². The van der Waals surface area contributed by atoms with Crippen LogP contribution in [0.4, 0.5) is 0 Å². The first-order chi connectivity index (χ1) is 9.42. The molecule has 1 saturated heterocycles. The van der Waals surface area contributed by atoms with Gasteiger partial charge in [-0.25, -0.2) is 0 Å². The Kier molecular flexibility index (Phi) is 4.72. The smallest absolute Gasteiger partial charge is 0.239 e. The summed E-state index contributed by atoms with van der Waals surface area (Å²) in [4.78, 5) is 15.9. The molecular formula is C15H28N2O3. The maximum absolute atomic E-state index is 12.0. The van der Waals surface area contributed by atoms with Crippen molar-refractivity contribution in [1.82, 2.24) is 9.80 Å². The summed E-state index contributed by atoms with van der Waals surface area (Å²) >= 11 is 0. The van der Waals surface area contributed by atoms with E-state index in [1.807, 2.05) is 13.8 Å². The zero-order valence-electron chi connectivity index (χ0n) is 13.1. The predicted molar refractivity (Wildman–Crippen MR) is 77.4 cm³/mol. The van der Waals surface area contributed by atoms with Gasteiger partial charge in [0.2, 0.25) is 5.91 Å². The number of carbonyl (C=O) groups is 1. The number of aliphatic hydroxyl groups excluding tert-OH is 1. The monoisotopic (exact) mass is 284 g/mol. The fourth-order valence-corrected chi connectivity index (χ4v) is 3.67. The van der Waals surface area contributed by atoms with Crippen LogP contribution in [0.3, 0.4) is 0 Å². The van der Waals surface area contributed by atoms with Crippen molar-refractivity contribution in [2.24, 2.45) is 5.41 Å². The maximum Gasteiger partial charge on any atom is 0.239 e. The quantitative estimate of drug-likeness (QED) is 0.826. The molecule has 1 aliphatic carbocycles. The van der Waals surface area contributed by atoms with Crippen LogP contribution in [0.15, 0.2) is 0 Å². The summed E-state index contributed by atoms with van der Waals surface area (Å²) in [7, 11) is 3.59. The van der Waals surface area contributed by atoms with Crippen LogP contribution in [-0.2, 0) is 9.53 Å². The molecule has 2 aliphatic rings. The molecule has 2 fully saturated rings. The third-order valence-corrected chi connectivity index (χ3v) is 5.18. The number of likely N-dealkylation sites (tertiary alicyclic amines) is 1. The molecule has 1 amide bonds. The van der Waals surface area contributed by atoms with Crippen LogP contribution in [-0.4, -0.2) is 72.9 Å². The van der Waals surface area contributed by atoms with Crippen LogP contribution in [0.2, 0.25) is 0 Å². The molecule has 1 saturated carbocycles. The summed E-state index contributed by atoms with van der Waals surface area (Å²) in [6.45, 7) is 6.41. The van der Waals surface area contributed by atoms with Gasteiger partial charge < -0.3 is 14.7 Å². The fraction of sp³-hybridized carbons (Fsp3) is 0.933. The predicted octanol–water partition coefficient (Wildman–Crippen LogP) is 0.715. The summed E-state index contributed by atoms with van der Waals surface area (Å²) in [6, 6.07) is -0.0786. The summed E-state index contributed by atoms with van der Waals surface area (Å²) in [5.74, 6) is 0.150. The Hall–Kier alpha value is -0.650. The summed E-state index contributed by atoms with van der Waals surface area (Å²) in [5.41, 5.74) is -0.0621. The minimum Gasteiger partial charge on any atom is -0.392 e. The molecule has 1 spiro atoms. The largest absolute Gasteiger partial charge is 0.392 e. The normalized spacial score (nSPS) is 30.9. The lowest BCUT2D eigenvalue weighted by Gasteiger charge is -2.57. The molecule has 3 atom stereocenters. The SMILES string of the molecule is CCOC1CC(O)C12CCN(C(C)C(=O)N(C)C)CC2. The molecule has 0 aromatic carbocycles. The van der Waals surface area contributed by atoms with Gasteiger partial charge in [-0.15, -0.1) is 0 Å². The second-order valence-corrected chi connectivity index (χ2v) is 6.37. The summed E-state index contributed by atoms with van der Waals surface area (Å²) in [5, 5.41) is 10.2. The van der Waals surface area contributed by atoms with Crippen molar-refractivity contribution < 1.29 is 14.6 Å². The van der Waals surface area contributed by atoms with Crippen molar-refractivity contribution in [2.45, 2.75) is 51.4 Å². The fourth-order valence-electron chi connectivity index (χ4n) is 3.67. The zero-order chi connectivity index (χ0) is 14.9. The van der Waals surface area contributed by atoms with Crippen molar-refractivity contribution in [3.63, 3.8) is 0 Å². The standard InChI is InChI=1S/C15H28N2O3/c1-5-20-13-10-12(18)15(13)6-8-17(9-7-15)11(2)14(19)16(3)4/h11-13,18H,5-10H2,1-4H3. The highest BCUT2D eigenvalue weighted by molar-refractivity contribution is 5.80. The number of amides is 1. The second-order valence-electron chi connectivity index (χ2n) is 6.37. The average Bonchev–Trinajstić information content (AvgIpc) is 2.45. The van der Waals surface area contributed by atoms with E-state index in [0.717, 1.165) is 32.4 Å². The van der Waals surface area contributed by atoms with Crippen LogP contribution in [0.5, 0.6) is 0 Å². The Morgan fingerprint density at radius 2 is 2.05 bits per heavy atom. The number of likely N-dealkylation sites (N-methyl/N-ethyl adjacent to an activating group) is 1. The Morgan fingerprint density at radius 3 is 2.50 bits per heavy atom. The first kappa shape index (κ1) is 15.7. The lowest BCUT2D eigenvalue weighted by atomic mass is 9.58. The number of hydrogen-bond donors (Lipinski definition) is 1. The number of rotatable bonds is 4. The molecule has 116 valence electrons. The first-order valence-corrected chi connectivity index (χ1v) is 7.67. The van der Waals surface area contributed by atoms with Gasteiger partial charge in [0.05, 0.1) is 18.2 Å². The molecule has 20 heavy (non-hydrogen) atoms. The number of carbonyl (C=O) groups excluding carboxylic acids is 1. The molecule has 0 aromatic rings. The van der Waals surface area contributed by atoms with E-state index in [9.17, 15) is 9.90 Å². The van der Waals surface area contributed by atoms with Crippen molar-refractivity contribution in [1.29, 1.82) is 0 Å². The van der Waals surface area contributed by atoms with Crippen LogP contribution in [0, 0.1) is 5.41 Å². The minimum atomic E-state index is -0.235. The molecule has 1 N–H and O–H groups in total. The van der Waals surface area contributed by atoms with Gasteiger partial charge in [-0.3, -0.25) is 9.69 Å². The highest BCUT2D eigenvalue weighted by Gasteiger charge is 2.56. The van der Waals surface area contributed by atoms with E-state index in [-0.39, 0.29) is 29.6 Å². The van der Waals surface area contributed by atoms with E-state index < -0.39 is 0 Å². The van der Waals surface area contributed by atoms with Gasteiger partial charge in [-0.05, 0) is 39.8 Å². The van der Waals surface area contributed by atoms with Crippen LogP contribution in [0.1, 0.15) is 33.1 Å². The van der Waals surface area contributed by atoms with Gasteiger partial charge in [-0.1, -0.05) is 0 Å². The molecule has 3 unspecified atom stereocenters. The van der Waals surface area contributed by atoms with Crippen molar-refractivity contribution in [3.05, 3.63) is 0 Å². The lowest BCUT2D eigenvalue weighted by molar-refractivity contribution is -0.211. The van der Waals surface area contributed by atoms with Gasteiger partial charge in [0, 0.05) is 32.5 Å². The number of nitrogens with zero attached hydrogens (tertiary/aromatic N) is 2. The molecule has 0 radical (unpaired) electrons. The first-order valence-electron chi connectivity index (χ1n) is 7.67. The van der Waals surface area contributed by atoms with E-state index in [1.165, 1.54) is 0 Å². The Morgan fingerprint density at radius 1 is 1.45 bits per heavy atom. The summed E-state index contributed by atoms with van der Waals surface area (Å²) in [6.07, 6.45) is 2.57. The van der Waals surface area contributed by atoms with Crippen molar-refractivity contribution >= 4 is 5.91 Å². The number of aliphatic hydroxyl groups is 1. The Balaban J connectivity index is 1.93. The highest BCUT2D eigenvalue weighted by Crippen LogP contribution is 2.51. The molecule has 5 heteroatoms. The van der Waals surface area contributed by atoms with Gasteiger partial charge in [0.15, 0.2) is 0 Å². The lowest BCUT2D eigenvalue weighted by Crippen LogP contribution is -2.63. The van der Waals surface area contributed by atoms with Crippen molar-refractivity contribution in [2.75, 3.05) is 33.8 Å². The van der Waals surface area contributed by atoms with E-state index in [0.29, 0.717) is 6.61 Å². The number of hydrogen-bond acceptors (Lipinski definition) is 4. The van der Waals surface area contributed by atoms with Gasteiger partial charge in [0.1, 0.15) is 0 Å². The van der Waals surface area contributed by atoms with E-state index >= 15 is 0 Å². The van der Waals surface area contributed by atoms with Crippen LogP contribution >= 0.6 is 0 Å². The van der Waals surface area contributed by atoms with E-state index in [1.54, 1.807) is 19.0 Å². The van der Waals surface area contributed by atoms with Crippen LogP contribution < -0.4 is 0 Å². The van der Waals surface area contributed by atoms with Gasteiger partial charge >= 0.3 is 0 Å². The van der Waals surface area contributed by atoms with E-state index in [2.05, 4.69) is 4.90 Å². The molecule has 1 heterocycles. The maximum atomic E-state index is 12.0. The average molecular weight is 284 g/mol. The molecule has 2 rings (SSSR count). The third kappa shape index (κ3) is 2.59. The number of ether oxygens (including phenoxy) is 1. The molecule has 5 nitrogen and oxygen atoms in total. The van der Waals surface area contributed by atoms with Crippen molar-refractivity contribution in [3.8, 4) is 0 Å². The van der Waals surface area contributed by atoms with E-state index in [4.69, 9.17) is 4.74 Å². The van der Waals surface area contributed by atoms with Gasteiger partial charge in [0.25, 0.3) is 0 Å². The summed E-state index contributed by atoms with van der Waals surface area (Å²) < 4.78 is 5.77. The minimum absolute atomic E-state index is 0.0621. The molecular weight excluding hydrogens is 256 g/mol. The Bertz CT molecular complexity index is 349. The molecule has 0 aromatic heterocycles. The highest BCUT2D eigenvalue weighted by atomic mass is 16.5. The Labute approximate surface area is 121 Å². The second kappa shape index (κ2) is 6.00. The zero-order valence-corrected chi connectivity index (χ0v) is 13.1. The molecule has 0 bridgehead atoms. The molecule has 1 aliphatic heterocycles. The van der Waals surface area contributed by atoms with Gasteiger partial charge in [-0.2, -0.15) is 0 Å².